The number of piperidine rings is 1. The lowest BCUT2D eigenvalue weighted by atomic mass is 9.98. The fourth-order valence-electron chi connectivity index (χ4n) is 2.08. The standard InChI is InChI=1S/C11H15BrN2O/c1-8-5-9(15)7-14(6-8)11-4-2-3-10(12)13-11/h2-4,8-9,15H,5-7H2,1H3. The van der Waals surface area contributed by atoms with Crippen LogP contribution in [0.2, 0.25) is 0 Å². The molecule has 3 nitrogen and oxygen atoms in total. The third-order valence-corrected chi connectivity index (χ3v) is 3.10. The number of aliphatic hydroxyl groups excluding tert-OH is 1. The van der Waals surface area contributed by atoms with E-state index in [1.807, 2.05) is 18.2 Å². The molecule has 0 aromatic carbocycles. The van der Waals surface area contributed by atoms with Gasteiger partial charge < -0.3 is 10.0 Å². The molecule has 1 aromatic rings. The molecule has 2 atom stereocenters. The molecule has 0 saturated carbocycles. The summed E-state index contributed by atoms with van der Waals surface area (Å²) < 4.78 is 0.840. The minimum Gasteiger partial charge on any atom is -0.391 e. The summed E-state index contributed by atoms with van der Waals surface area (Å²) in [5, 5.41) is 9.70. The van der Waals surface area contributed by atoms with Crippen molar-refractivity contribution in [1.82, 2.24) is 4.98 Å². The Balaban J connectivity index is 2.16. The second-order valence-corrected chi connectivity index (χ2v) is 5.03. The molecule has 2 unspecified atom stereocenters. The lowest BCUT2D eigenvalue weighted by Crippen LogP contribution is -2.42. The molecule has 15 heavy (non-hydrogen) atoms. The molecule has 0 amide bonds. The van der Waals surface area contributed by atoms with Crippen molar-refractivity contribution >= 4 is 21.7 Å². The van der Waals surface area contributed by atoms with E-state index in [1.54, 1.807) is 0 Å². The van der Waals surface area contributed by atoms with E-state index in [4.69, 9.17) is 0 Å². The maximum atomic E-state index is 9.70. The van der Waals surface area contributed by atoms with Gasteiger partial charge in [0.25, 0.3) is 0 Å². The van der Waals surface area contributed by atoms with Gasteiger partial charge in [0, 0.05) is 13.1 Å². The van der Waals surface area contributed by atoms with Crippen molar-refractivity contribution in [3.05, 3.63) is 22.8 Å². The average Bonchev–Trinajstić information content (AvgIpc) is 2.16. The number of hydrogen-bond acceptors (Lipinski definition) is 3. The molecule has 0 radical (unpaired) electrons. The second-order valence-electron chi connectivity index (χ2n) is 4.22. The molecule has 1 fully saturated rings. The van der Waals surface area contributed by atoms with E-state index in [-0.39, 0.29) is 6.10 Å². The highest BCUT2D eigenvalue weighted by Gasteiger charge is 2.23. The van der Waals surface area contributed by atoms with Crippen molar-refractivity contribution in [2.75, 3.05) is 18.0 Å². The first kappa shape index (κ1) is 10.9. The van der Waals surface area contributed by atoms with E-state index < -0.39 is 0 Å². The van der Waals surface area contributed by atoms with Crippen LogP contribution < -0.4 is 4.90 Å². The van der Waals surface area contributed by atoms with Crippen LogP contribution in [0.1, 0.15) is 13.3 Å². The average molecular weight is 271 g/mol. The number of β-amino-alcohol motifs (C(OH)–C–C–N with tert-alkyl or cyclic N) is 1. The number of halogens is 1. The van der Waals surface area contributed by atoms with Crippen molar-refractivity contribution in [1.29, 1.82) is 0 Å². The first-order chi connectivity index (χ1) is 7.15. The molecule has 0 aliphatic carbocycles. The summed E-state index contributed by atoms with van der Waals surface area (Å²) in [6.07, 6.45) is 0.666. The highest BCUT2D eigenvalue weighted by Crippen LogP contribution is 2.22. The predicted octanol–water partition coefficient (Wildman–Crippen LogP) is 2.05. The summed E-state index contributed by atoms with van der Waals surface area (Å²) in [5.41, 5.74) is 0. The Kier molecular flexibility index (Phi) is 3.26. The van der Waals surface area contributed by atoms with E-state index in [0.29, 0.717) is 12.5 Å². The topological polar surface area (TPSA) is 36.4 Å². The third-order valence-electron chi connectivity index (χ3n) is 2.66. The Bertz CT molecular complexity index is 335. The number of aromatic nitrogens is 1. The first-order valence-electron chi connectivity index (χ1n) is 5.20. The van der Waals surface area contributed by atoms with Crippen LogP contribution in [0.3, 0.4) is 0 Å². The van der Waals surface area contributed by atoms with Crippen LogP contribution in [0.15, 0.2) is 22.8 Å². The van der Waals surface area contributed by atoms with Gasteiger partial charge in [0.1, 0.15) is 10.4 Å². The molecule has 1 aliphatic rings. The zero-order valence-corrected chi connectivity index (χ0v) is 10.3. The fraction of sp³-hybridized carbons (Fsp3) is 0.545. The minimum atomic E-state index is -0.227. The summed E-state index contributed by atoms with van der Waals surface area (Å²) in [5.74, 6) is 1.46. The Morgan fingerprint density at radius 3 is 2.93 bits per heavy atom. The molecule has 1 aliphatic heterocycles. The number of anilines is 1. The number of hydrogen-bond donors (Lipinski definition) is 1. The van der Waals surface area contributed by atoms with Gasteiger partial charge in [-0.3, -0.25) is 0 Å². The number of rotatable bonds is 1. The SMILES string of the molecule is CC1CC(O)CN(c2cccc(Br)n2)C1. The molecule has 0 bridgehead atoms. The molecule has 1 N–H and O–H groups in total. The van der Waals surface area contributed by atoms with Crippen molar-refractivity contribution in [2.45, 2.75) is 19.4 Å². The molecule has 2 heterocycles. The lowest BCUT2D eigenvalue weighted by molar-refractivity contribution is 0.132. The molecule has 2 rings (SSSR count). The monoisotopic (exact) mass is 270 g/mol. The maximum Gasteiger partial charge on any atom is 0.129 e. The molecular weight excluding hydrogens is 256 g/mol. The van der Waals surface area contributed by atoms with Crippen LogP contribution in [0, 0.1) is 5.92 Å². The highest BCUT2D eigenvalue weighted by molar-refractivity contribution is 9.10. The lowest BCUT2D eigenvalue weighted by Gasteiger charge is -2.34. The van der Waals surface area contributed by atoms with Crippen LogP contribution >= 0.6 is 15.9 Å². The van der Waals surface area contributed by atoms with E-state index in [1.165, 1.54) is 0 Å². The zero-order chi connectivity index (χ0) is 10.8. The largest absolute Gasteiger partial charge is 0.391 e. The molecule has 4 heteroatoms. The number of pyridine rings is 1. The summed E-state index contributed by atoms with van der Waals surface area (Å²) >= 11 is 3.36. The van der Waals surface area contributed by atoms with Gasteiger partial charge in [-0.2, -0.15) is 0 Å². The van der Waals surface area contributed by atoms with Crippen molar-refractivity contribution in [2.24, 2.45) is 5.92 Å². The quantitative estimate of drug-likeness (QED) is 0.794. The summed E-state index contributed by atoms with van der Waals surface area (Å²) in [6.45, 7) is 3.82. The maximum absolute atomic E-state index is 9.70. The van der Waals surface area contributed by atoms with Gasteiger partial charge >= 0.3 is 0 Å². The van der Waals surface area contributed by atoms with E-state index in [2.05, 4.69) is 32.7 Å². The van der Waals surface area contributed by atoms with Crippen LogP contribution in [0.5, 0.6) is 0 Å². The number of nitrogens with zero attached hydrogens (tertiary/aromatic N) is 2. The summed E-state index contributed by atoms with van der Waals surface area (Å²) in [4.78, 5) is 6.54. The van der Waals surface area contributed by atoms with E-state index in [0.717, 1.165) is 23.4 Å². The van der Waals surface area contributed by atoms with Crippen molar-refractivity contribution < 1.29 is 5.11 Å². The summed E-state index contributed by atoms with van der Waals surface area (Å²) in [7, 11) is 0. The molecule has 82 valence electrons. The van der Waals surface area contributed by atoms with Gasteiger partial charge in [0.2, 0.25) is 0 Å². The van der Waals surface area contributed by atoms with Crippen LogP contribution in [-0.4, -0.2) is 29.3 Å². The van der Waals surface area contributed by atoms with Crippen LogP contribution in [-0.2, 0) is 0 Å². The van der Waals surface area contributed by atoms with Gasteiger partial charge in [0.05, 0.1) is 6.10 Å². The fourth-order valence-corrected chi connectivity index (χ4v) is 2.41. The smallest absolute Gasteiger partial charge is 0.129 e. The van der Waals surface area contributed by atoms with E-state index >= 15 is 0 Å². The normalized spacial score (nSPS) is 26.7. The van der Waals surface area contributed by atoms with Gasteiger partial charge in [-0.15, -0.1) is 0 Å². The Labute approximate surface area is 98.3 Å². The van der Waals surface area contributed by atoms with Gasteiger partial charge in [-0.1, -0.05) is 13.0 Å². The first-order valence-corrected chi connectivity index (χ1v) is 6.00. The zero-order valence-electron chi connectivity index (χ0n) is 8.73. The van der Waals surface area contributed by atoms with Crippen molar-refractivity contribution in [3.8, 4) is 0 Å². The van der Waals surface area contributed by atoms with E-state index in [9.17, 15) is 5.11 Å². The minimum absolute atomic E-state index is 0.227. The Morgan fingerprint density at radius 1 is 1.47 bits per heavy atom. The second kappa shape index (κ2) is 4.49. The summed E-state index contributed by atoms with van der Waals surface area (Å²) in [6, 6.07) is 5.86. The molecule has 0 spiro atoms. The molecule has 1 saturated heterocycles. The van der Waals surface area contributed by atoms with Crippen LogP contribution in [0.25, 0.3) is 0 Å². The molecular formula is C11H15BrN2O. The highest BCUT2D eigenvalue weighted by atomic mass is 79.9. The van der Waals surface area contributed by atoms with Gasteiger partial charge in [-0.05, 0) is 40.4 Å². The van der Waals surface area contributed by atoms with Gasteiger partial charge in [-0.25, -0.2) is 4.98 Å². The van der Waals surface area contributed by atoms with Crippen LogP contribution in [0.4, 0.5) is 5.82 Å². The Hall–Kier alpha value is -0.610. The third kappa shape index (κ3) is 2.69. The number of aliphatic hydroxyl groups is 1. The Morgan fingerprint density at radius 2 is 2.27 bits per heavy atom. The predicted molar refractivity (Wildman–Crippen MR) is 63.9 cm³/mol. The molecule has 1 aromatic heterocycles. The van der Waals surface area contributed by atoms with Gasteiger partial charge in [0.15, 0.2) is 0 Å². The van der Waals surface area contributed by atoms with Crippen molar-refractivity contribution in [3.63, 3.8) is 0 Å².